The molecule has 0 aliphatic carbocycles. The summed E-state index contributed by atoms with van der Waals surface area (Å²) in [5.41, 5.74) is 0. The lowest BCUT2D eigenvalue weighted by Gasteiger charge is -1.87. The number of hydrogen-bond acceptors (Lipinski definition) is 1. The highest BCUT2D eigenvalue weighted by atomic mass is 32.2. The topological polar surface area (TPSA) is 38.8 Å². The number of hydrogen-bond donors (Lipinski definition) is 1. The second kappa shape index (κ2) is 5.72. The van der Waals surface area contributed by atoms with Gasteiger partial charge in [-0.15, -0.1) is 0 Å². The van der Waals surface area contributed by atoms with E-state index in [1.54, 1.807) is 12.5 Å². The van der Waals surface area contributed by atoms with Gasteiger partial charge < -0.3 is 9.54 Å². The lowest BCUT2D eigenvalue weighted by Crippen LogP contribution is -1.86. The van der Waals surface area contributed by atoms with Crippen LogP contribution < -0.4 is 0 Å². The van der Waals surface area contributed by atoms with Crippen LogP contribution in [-0.2, 0) is 11.2 Å². The Morgan fingerprint density at radius 3 is 1.67 bits per heavy atom. The minimum Gasteiger partial charge on any atom is -0.617 e. The van der Waals surface area contributed by atoms with Crippen LogP contribution in [0.2, 0.25) is 0 Å². The fourth-order valence-corrected chi connectivity index (χ4v) is 0.278. The second-order valence-corrected chi connectivity index (χ2v) is 3.11. The van der Waals surface area contributed by atoms with E-state index in [0.29, 0.717) is 0 Å². The number of H-pyrrole nitrogens is 1. The summed E-state index contributed by atoms with van der Waals surface area (Å²) in [6, 6.07) is 3.89. The van der Waals surface area contributed by atoms with Crippen LogP contribution in [0.3, 0.4) is 0 Å². The molecule has 2 nitrogen and oxygen atoms in total. The summed E-state index contributed by atoms with van der Waals surface area (Å²) in [5.74, 6) is 0. The molecule has 52 valence electrons. The predicted molar refractivity (Wildman–Crippen MR) is 40.8 cm³/mol. The van der Waals surface area contributed by atoms with E-state index < -0.39 is 11.2 Å². The van der Waals surface area contributed by atoms with Crippen molar-refractivity contribution >= 4 is 11.2 Å². The minimum absolute atomic E-state index is 0.611. The van der Waals surface area contributed by atoms with Crippen LogP contribution in [0.1, 0.15) is 0 Å². The van der Waals surface area contributed by atoms with E-state index in [-0.39, 0.29) is 0 Å². The van der Waals surface area contributed by atoms with Gasteiger partial charge in [-0.1, -0.05) is 11.2 Å². The van der Waals surface area contributed by atoms with Crippen LogP contribution in [0.25, 0.3) is 0 Å². The molecule has 0 amide bonds. The summed E-state index contributed by atoms with van der Waals surface area (Å²) < 4.78 is 9.56. The van der Waals surface area contributed by atoms with E-state index >= 15 is 0 Å². The van der Waals surface area contributed by atoms with Crippen molar-refractivity contribution in [1.29, 1.82) is 0 Å². The lowest BCUT2D eigenvalue weighted by molar-refractivity contribution is 0.606. The fourth-order valence-electron chi connectivity index (χ4n) is 0.278. The largest absolute Gasteiger partial charge is 0.617 e. The first-order valence-corrected chi connectivity index (χ1v) is 4.53. The van der Waals surface area contributed by atoms with Crippen LogP contribution >= 0.6 is 0 Å². The first kappa shape index (κ1) is 8.59. The van der Waals surface area contributed by atoms with Crippen LogP contribution in [0.5, 0.6) is 0 Å². The Balaban J connectivity index is 0.000000148. The molecular formula is C6H11NOS. The Kier molecular flexibility index (Phi) is 5.46. The van der Waals surface area contributed by atoms with Gasteiger partial charge in [0.25, 0.3) is 0 Å². The molecule has 1 aromatic heterocycles. The summed E-state index contributed by atoms with van der Waals surface area (Å²) in [6.07, 6.45) is 7.03. The molecule has 0 aromatic carbocycles. The first-order chi connectivity index (χ1) is 4.23. The molecule has 0 unspecified atom stereocenters. The normalized spacial score (nSPS) is 8.44. The molecule has 1 N–H and O–H groups in total. The smallest absolute Gasteiger partial charge is 0.0946 e. The maximum atomic E-state index is 9.56. The van der Waals surface area contributed by atoms with Crippen molar-refractivity contribution < 1.29 is 4.55 Å². The van der Waals surface area contributed by atoms with E-state index in [1.807, 2.05) is 24.5 Å². The van der Waals surface area contributed by atoms with Gasteiger partial charge in [0, 0.05) is 12.4 Å². The average Bonchev–Trinajstić information content (AvgIpc) is 2.11. The van der Waals surface area contributed by atoms with E-state index in [1.165, 1.54) is 0 Å². The quantitative estimate of drug-likeness (QED) is 0.544. The zero-order chi connectivity index (χ0) is 7.11. The first-order valence-electron chi connectivity index (χ1n) is 2.56. The van der Waals surface area contributed by atoms with Gasteiger partial charge in [0.05, 0.1) is 12.5 Å². The van der Waals surface area contributed by atoms with Crippen molar-refractivity contribution in [1.82, 2.24) is 4.98 Å². The summed E-state index contributed by atoms with van der Waals surface area (Å²) in [6.45, 7) is 0. The lowest BCUT2D eigenvalue weighted by atomic mass is 10.7. The van der Waals surface area contributed by atoms with E-state index in [4.69, 9.17) is 0 Å². The minimum atomic E-state index is -0.611. The SMILES string of the molecule is C[S+](C)[O-].c1cc[nH]c1. The maximum Gasteiger partial charge on any atom is 0.0946 e. The van der Waals surface area contributed by atoms with E-state index in [2.05, 4.69) is 4.98 Å². The van der Waals surface area contributed by atoms with E-state index in [0.717, 1.165) is 0 Å². The molecule has 9 heavy (non-hydrogen) atoms. The highest BCUT2D eigenvalue weighted by Gasteiger charge is 1.66. The zero-order valence-electron chi connectivity index (χ0n) is 5.63. The summed E-state index contributed by atoms with van der Waals surface area (Å²) in [4.78, 5) is 2.86. The molecule has 0 atom stereocenters. The van der Waals surface area contributed by atoms with Gasteiger partial charge >= 0.3 is 0 Å². The van der Waals surface area contributed by atoms with Gasteiger partial charge in [-0.2, -0.15) is 0 Å². The zero-order valence-corrected chi connectivity index (χ0v) is 6.44. The molecular weight excluding hydrogens is 134 g/mol. The highest BCUT2D eigenvalue weighted by Crippen LogP contribution is 1.72. The number of rotatable bonds is 0. The molecule has 0 spiro atoms. The molecule has 1 rings (SSSR count). The molecule has 0 radical (unpaired) electrons. The third kappa shape index (κ3) is 11.3. The summed E-state index contributed by atoms with van der Waals surface area (Å²) >= 11 is -0.611. The highest BCUT2D eigenvalue weighted by molar-refractivity contribution is 7.89. The molecule has 0 aliphatic heterocycles. The van der Waals surface area contributed by atoms with E-state index in [9.17, 15) is 4.55 Å². The molecule has 1 aromatic rings. The van der Waals surface area contributed by atoms with Gasteiger partial charge in [-0.25, -0.2) is 0 Å². The molecule has 0 bridgehead atoms. The van der Waals surface area contributed by atoms with Gasteiger partial charge in [0.2, 0.25) is 0 Å². The number of aromatic amines is 1. The Morgan fingerprint density at radius 1 is 1.22 bits per heavy atom. The van der Waals surface area contributed by atoms with Gasteiger partial charge in [0.1, 0.15) is 0 Å². The molecule has 0 aliphatic rings. The van der Waals surface area contributed by atoms with Crippen LogP contribution in [0.4, 0.5) is 0 Å². The van der Waals surface area contributed by atoms with Crippen LogP contribution in [-0.4, -0.2) is 22.0 Å². The molecule has 0 fully saturated rings. The Hall–Kier alpha value is -0.410. The molecule has 1 heterocycles. The number of aromatic nitrogens is 1. The maximum absolute atomic E-state index is 9.56. The number of nitrogens with one attached hydrogen (secondary N) is 1. The molecule has 3 heteroatoms. The van der Waals surface area contributed by atoms with Crippen molar-refractivity contribution in [2.45, 2.75) is 0 Å². The van der Waals surface area contributed by atoms with Gasteiger partial charge in [0.15, 0.2) is 0 Å². The Morgan fingerprint density at radius 2 is 1.56 bits per heavy atom. The van der Waals surface area contributed by atoms with Crippen LogP contribution in [0, 0.1) is 0 Å². The Labute approximate surface area is 58.5 Å². The molecule has 0 saturated heterocycles. The van der Waals surface area contributed by atoms with Crippen molar-refractivity contribution in [3.8, 4) is 0 Å². The average molecular weight is 145 g/mol. The molecule has 0 saturated carbocycles. The fraction of sp³-hybridized carbons (Fsp3) is 0.333. The van der Waals surface area contributed by atoms with Crippen LogP contribution in [0.15, 0.2) is 24.5 Å². The third-order valence-electron chi connectivity index (χ3n) is 0.496. The summed E-state index contributed by atoms with van der Waals surface area (Å²) in [7, 11) is 0. The predicted octanol–water partition coefficient (Wildman–Crippen LogP) is 1.01. The Bertz CT molecular complexity index is 96.6. The second-order valence-electron chi connectivity index (χ2n) is 1.63. The van der Waals surface area contributed by atoms with Crippen molar-refractivity contribution in [3.05, 3.63) is 24.5 Å². The van der Waals surface area contributed by atoms with Crippen molar-refractivity contribution in [2.24, 2.45) is 0 Å². The summed E-state index contributed by atoms with van der Waals surface area (Å²) in [5, 5.41) is 0. The van der Waals surface area contributed by atoms with Crippen molar-refractivity contribution in [2.75, 3.05) is 12.5 Å². The monoisotopic (exact) mass is 145 g/mol. The van der Waals surface area contributed by atoms with Gasteiger partial charge in [-0.05, 0) is 12.1 Å². The van der Waals surface area contributed by atoms with Crippen molar-refractivity contribution in [3.63, 3.8) is 0 Å². The standard InChI is InChI=1S/C4H5N.C2H6OS/c1-2-4-5-3-1;1-4(2)3/h1-5H;1-2H3. The van der Waals surface area contributed by atoms with Gasteiger partial charge in [-0.3, -0.25) is 0 Å². The third-order valence-corrected chi connectivity index (χ3v) is 0.496.